The van der Waals surface area contributed by atoms with E-state index in [9.17, 15) is 4.79 Å². The predicted octanol–water partition coefficient (Wildman–Crippen LogP) is 0.642. The summed E-state index contributed by atoms with van der Waals surface area (Å²) < 4.78 is 5.33. The fourth-order valence-corrected chi connectivity index (χ4v) is 2.94. The number of thioether (sulfide) groups is 1. The van der Waals surface area contributed by atoms with Crippen LogP contribution in [0.15, 0.2) is 11.2 Å². The van der Waals surface area contributed by atoms with E-state index in [4.69, 9.17) is 16.2 Å². The van der Waals surface area contributed by atoms with Crippen molar-refractivity contribution in [2.45, 2.75) is 31.0 Å². The molecule has 2 heterocycles. The van der Waals surface area contributed by atoms with Crippen LogP contribution in [0.25, 0.3) is 0 Å². The van der Waals surface area contributed by atoms with Gasteiger partial charge in [-0.05, 0) is 6.42 Å². The Bertz CT molecular complexity index is 499. The monoisotopic (exact) mass is 311 g/mol. The molecule has 1 aliphatic heterocycles. The molecular formula is C13H21N5O2S. The van der Waals surface area contributed by atoms with Crippen molar-refractivity contribution >= 4 is 29.3 Å². The normalized spacial score (nSPS) is 18.7. The molecule has 0 saturated carbocycles. The van der Waals surface area contributed by atoms with Crippen LogP contribution in [0.4, 0.5) is 11.6 Å². The molecule has 0 radical (unpaired) electrons. The van der Waals surface area contributed by atoms with Gasteiger partial charge in [0.1, 0.15) is 11.6 Å². The van der Waals surface area contributed by atoms with Crippen LogP contribution in [0.2, 0.25) is 0 Å². The van der Waals surface area contributed by atoms with Gasteiger partial charge < -0.3 is 21.1 Å². The van der Waals surface area contributed by atoms with Crippen molar-refractivity contribution in [2.75, 3.05) is 36.1 Å². The van der Waals surface area contributed by atoms with Crippen LogP contribution in [0.1, 0.15) is 19.8 Å². The molecule has 0 aliphatic carbocycles. The second kappa shape index (κ2) is 7.46. The number of carbonyl (C=O) groups is 1. The number of unbranched alkanes of at least 4 members (excludes halogenated alkanes) is 1. The van der Waals surface area contributed by atoms with Gasteiger partial charge in [-0.2, -0.15) is 0 Å². The van der Waals surface area contributed by atoms with Crippen LogP contribution in [-0.4, -0.2) is 47.4 Å². The fourth-order valence-electron chi connectivity index (χ4n) is 1.99. The molecule has 0 spiro atoms. The predicted molar refractivity (Wildman–Crippen MR) is 83.2 cm³/mol. The zero-order valence-electron chi connectivity index (χ0n) is 12.1. The highest BCUT2D eigenvalue weighted by atomic mass is 32.2. The Kier molecular flexibility index (Phi) is 5.63. The first-order valence-electron chi connectivity index (χ1n) is 7.03. The average molecular weight is 311 g/mol. The molecule has 1 amide bonds. The summed E-state index contributed by atoms with van der Waals surface area (Å²) in [6.45, 7) is 3.63. The Morgan fingerprint density at radius 1 is 1.57 bits per heavy atom. The SMILES string of the molecule is CCCCSc1nc(N)cc(N2CCO[C@H](C(N)=O)C2)n1. The Morgan fingerprint density at radius 2 is 2.38 bits per heavy atom. The number of hydrogen-bond donors (Lipinski definition) is 2. The van der Waals surface area contributed by atoms with Gasteiger partial charge in [0.25, 0.3) is 0 Å². The molecule has 2 rings (SSSR count). The topological polar surface area (TPSA) is 107 Å². The third kappa shape index (κ3) is 4.47. The molecule has 1 aromatic heterocycles. The lowest BCUT2D eigenvalue weighted by Crippen LogP contribution is -2.48. The summed E-state index contributed by atoms with van der Waals surface area (Å²) in [5.74, 6) is 1.66. The molecule has 8 heteroatoms. The second-order valence-electron chi connectivity index (χ2n) is 4.84. The van der Waals surface area contributed by atoms with E-state index < -0.39 is 12.0 Å². The summed E-state index contributed by atoms with van der Waals surface area (Å²) in [7, 11) is 0. The maximum absolute atomic E-state index is 11.2. The lowest BCUT2D eigenvalue weighted by atomic mass is 10.2. The second-order valence-corrected chi connectivity index (χ2v) is 5.91. The van der Waals surface area contributed by atoms with E-state index in [-0.39, 0.29) is 0 Å². The first-order valence-corrected chi connectivity index (χ1v) is 8.02. The minimum Gasteiger partial charge on any atom is -0.383 e. The molecule has 1 atom stereocenters. The van der Waals surface area contributed by atoms with Crippen molar-refractivity contribution in [2.24, 2.45) is 5.73 Å². The van der Waals surface area contributed by atoms with E-state index in [2.05, 4.69) is 16.9 Å². The molecule has 1 saturated heterocycles. The van der Waals surface area contributed by atoms with Crippen LogP contribution in [0, 0.1) is 0 Å². The molecule has 0 aromatic carbocycles. The molecule has 0 bridgehead atoms. The maximum Gasteiger partial charge on any atom is 0.248 e. The molecular weight excluding hydrogens is 290 g/mol. The zero-order valence-corrected chi connectivity index (χ0v) is 12.9. The van der Waals surface area contributed by atoms with Crippen LogP contribution < -0.4 is 16.4 Å². The van der Waals surface area contributed by atoms with Crippen molar-refractivity contribution in [3.05, 3.63) is 6.07 Å². The van der Waals surface area contributed by atoms with E-state index in [1.54, 1.807) is 17.8 Å². The van der Waals surface area contributed by atoms with Gasteiger partial charge in [-0.25, -0.2) is 9.97 Å². The van der Waals surface area contributed by atoms with E-state index in [0.717, 1.165) is 24.4 Å². The van der Waals surface area contributed by atoms with Gasteiger partial charge >= 0.3 is 0 Å². The van der Waals surface area contributed by atoms with Gasteiger partial charge in [0.15, 0.2) is 11.3 Å². The highest BCUT2D eigenvalue weighted by Crippen LogP contribution is 2.22. The summed E-state index contributed by atoms with van der Waals surface area (Å²) in [4.78, 5) is 22.0. The molecule has 1 fully saturated rings. The number of carbonyl (C=O) groups excluding carboxylic acids is 1. The highest BCUT2D eigenvalue weighted by Gasteiger charge is 2.26. The number of nitrogen functional groups attached to an aromatic ring is 1. The number of hydrogen-bond acceptors (Lipinski definition) is 7. The summed E-state index contributed by atoms with van der Waals surface area (Å²) in [6.07, 6.45) is 1.64. The van der Waals surface area contributed by atoms with Gasteiger partial charge in [-0.15, -0.1) is 0 Å². The highest BCUT2D eigenvalue weighted by molar-refractivity contribution is 7.99. The number of ether oxygens (including phenoxy) is 1. The van der Waals surface area contributed by atoms with Crippen molar-refractivity contribution in [3.8, 4) is 0 Å². The van der Waals surface area contributed by atoms with Crippen molar-refractivity contribution in [1.29, 1.82) is 0 Å². The van der Waals surface area contributed by atoms with E-state index in [1.165, 1.54) is 0 Å². The Balaban J connectivity index is 2.09. The molecule has 1 aliphatic rings. The number of anilines is 2. The first-order chi connectivity index (χ1) is 10.1. The molecule has 4 N–H and O–H groups in total. The third-order valence-corrected chi connectivity index (χ3v) is 4.08. The Labute approximate surface area is 128 Å². The quantitative estimate of drug-likeness (QED) is 0.451. The summed E-state index contributed by atoms with van der Waals surface area (Å²) >= 11 is 1.59. The summed E-state index contributed by atoms with van der Waals surface area (Å²) in [5.41, 5.74) is 11.1. The molecule has 116 valence electrons. The smallest absolute Gasteiger partial charge is 0.248 e. The van der Waals surface area contributed by atoms with Crippen LogP contribution in [-0.2, 0) is 9.53 Å². The van der Waals surface area contributed by atoms with Gasteiger partial charge in [-0.3, -0.25) is 4.79 Å². The van der Waals surface area contributed by atoms with Gasteiger partial charge in [0, 0.05) is 18.4 Å². The standard InChI is InChI=1S/C13H21N5O2S/c1-2-3-6-21-13-16-10(14)7-11(17-13)18-4-5-20-9(8-18)12(15)19/h7,9H,2-6,8H2,1H3,(H2,15,19)(H2,14,16,17)/t9-/m0/s1. The van der Waals surface area contributed by atoms with Crippen molar-refractivity contribution in [1.82, 2.24) is 9.97 Å². The third-order valence-electron chi connectivity index (χ3n) is 3.15. The molecule has 7 nitrogen and oxygen atoms in total. The van der Waals surface area contributed by atoms with Gasteiger partial charge in [0.2, 0.25) is 5.91 Å². The fraction of sp³-hybridized carbons (Fsp3) is 0.615. The molecule has 1 aromatic rings. The minimum atomic E-state index is -0.605. The number of aromatic nitrogens is 2. The van der Waals surface area contributed by atoms with Gasteiger partial charge in [-0.1, -0.05) is 25.1 Å². The number of nitrogens with two attached hydrogens (primary N) is 2. The van der Waals surface area contributed by atoms with E-state index in [1.807, 2.05) is 4.90 Å². The number of amides is 1. The lowest BCUT2D eigenvalue weighted by molar-refractivity contribution is -0.130. The Morgan fingerprint density at radius 3 is 3.10 bits per heavy atom. The van der Waals surface area contributed by atoms with Crippen LogP contribution in [0.3, 0.4) is 0 Å². The van der Waals surface area contributed by atoms with Crippen LogP contribution >= 0.6 is 11.8 Å². The summed E-state index contributed by atoms with van der Waals surface area (Å²) in [6, 6.07) is 1.72. The minimum absolute atomic E-state index is 0.394. The van der Waals surface area contributed by atoms with E-state index in [0.29, 0.717) is 30.7 Å². The molecule has 0 unspecified atom stereocenters. The molecule has 21 heavy (non-hydrogen) atoms. The average Bonchev–Trinajstić information content (AvgIpc) is 2.47. The zero-order chi connectivity index (χ0) is 15.2. The van der Waals surface area contributed by atoms with Crippen molar-refractivity contribution in [3.63, 3.8) is 0 Å². The van der Waals surface area contributed by atoms with Gasteiger partial charge in [0.05, 0.1) is 13.2 Å². The summed E-state index contributed by atoms with van der Waals surface area (Å²) in [5, 5.41) is 0.667. The Hall–Kier alpha value is -1.54. The van der Waals surface area contributed by atoms with Crippen molar-refractivity contribution < 1.29 is 9.53 Å². The van der Waals surface area contributed by atoms with Crippen LogP contribution in [0.5, 0.6) is 0 Å². The maximum atomic E-state index is 11.2. The number of primary amides is 1. The number of nitrogens with zero attached hydrogens (tertiary/aromatic N) is 3. The lowest BCUT2D eigenvalue weighted by Gasteiger charge is -2.32. The largest absolute Gasteiger partial charge is 0.383 e. The van der Waals surface area contributed by atoms with E-state index >= 15 is 0 Å². The first kappa shape index (κ1) is 15.8. The number of morpholine rings is 1. The number of rotatable bonds is 6.